The van der Waals surface area contributed by atoms with Gasteiger partial charge in [0, 0.05) is 23.8 Å². The largest absolute Gasteiger partial charge is 0.362 e. The number of thiocarbonyl (C=S) groups is 1. The van der Waals surface area contributed by atoms with Gasteiger partial charge in [-0.1, -0.05) is 29.3 Å². The Bertz CT molecular complexity index is 712. The highest BCUT2D eigenvalue weighted by Gasteiger charge is 2.08. The molecule has 0 radical (unpaired) electrons. The van der Waals surface area contributed by atoms with Crippen LogP contribution < -0.4 is 10.6 Å². The van der Waals surface area contributed by atoms with Crippen LogP contribution in [0.3, 0.4) is 0 Å². The van der Waals surface area contributed by atoms with Crippen LogP contribution in [0.1, 0.15) is 23.4 Å². The zero-order valence-electron chi connectivity index (χ0n) is 13.4. The SMILES string of the molecule is Cc1ccc(Cl)cc1NC(=S)NCCCn1nc(C)c(Cl)c1C. The van der Waals surface area contributed by atoms with Crippen molar-refractivity contribution in [3.8, 4) is 0 Å². The van der Waals surface area contributed by atoms with Crippen molar-refractivity contribution in [2.75, 3.05) is 11.9 Å². The van der Waals surface area contributed by atoms with Crippen molar-refractivity contribution < 1.29 is 0 Å². The van der Waals surface area contributed by atoms with Gasteiger partial charge in [-0.15, -0.1) is 0 Å². The van der Waals surface area contributed by atoms with Crippen molar-refractivity contribution in [2.45, 2.75) is 33.7 Å². The van der Waals surface area contributed by atoms with Crippen molar-refractivity contribution in [2.24, 2.45) is 0 Å². The molecule has 4 nitrogen and oxygen atoms in total. The van der Waals surface area contributed by atoms with Gasteiger partial charge in [0.25, 0.3) is 0 Å². The van der Waals surface area contributed by atoms with Crippen LogP contribution in [0.15, 0.2) is 18.2 Å². The average Bonchev–Trinajstić information content (AvgIpc) is 2.75. The molecule has 0 aliphatic rings. The fraction of sp³-hybridized carbons (Fsp3) is 0.375. The Labute approximate surface area is 152 Å². The molecule has 0 unspecified atom stereocenters. The predicted molar refractivity (Wildman–Crippen MR) is 102 cm³/mol. The molecule has 2 N–H and O–H groups in total. The highest BCUT2D eigenvalue weighted by molar-refractivity contribution is 7.80. The third-order valence-electron chi connectivity index (χ3n) is 3.57. The van der Waals surface area contributed by atoms with E-state index in [1.807, 2.05) is 43.7 Å². The Morgan fingerprint density at radius 2 is 2.00 bits per heavy atom. The van der Waals surface area contributed by atoms with E-state index in [4.69, 9.17) is 35.4 Å². The van der Waals surface area contributed by atoms with Crippen LogP contribution in [0.2, 0.25) is 10.0 Å². The molecule has 7 heteroatoms. The molecule has 0 atom stereocenters. The van der Waals surface area contributed by atoms with E-state index < -0.39 is 0 Å². The Hall–Kier alpha value is -1.30. The molecule has 0 aliphatic heterocycles. The van der Waals surface area contributed by atoms with E-state index in [0.717, 1.165) is 47.2 Å². The van der Waals surface area contributed by atoms with Gasteiger partial charge in [-0.05, 0) is 57.1 Å². The summed E-state index contributed by atoms with van der Waals surface area (Å²) >= 11 is 17.5. The summed E-state index contributed by atoms with van der Waals surface area (Å²) in [6.07, 6.45) is 0.897. The first-order valence-corrected chi connectivity index (χ1v) is 8.55. The quantitative estimate of drug-likeness (QED) is 0.600. The van der Waals surface area contributed by atoms with Crippen molar-refractivity contribution in [1.29, 1.82) is 0 Å². The minimum atomic E-state index is 0.585. The average molecular weight is 371 g/mol. The summed E-state index contributed by atoms with van der Waals surface area (Å²) in [7, 11) is 0. The molecule has 2 aromatic rings. The lowest BCUT2D eigenvalue weighted by Gasteiger charge is -2.13. The monoisotopic (exact) mass is 370 g/mol. The van der Waals surface area contributed by atoms with Crippen LogP contribution in [0.25, 0.3) is 0 Å². The lowest BCUT2D eigenvalue weighted by molar-refractivity contribution is 0.558. The van der Waals surface area contributed by atoms with E-state index in [1.165, 1.54) is 0 Å². The summed E-state index contributed by atoms with van der Waals surface area (Å²) in [5, 5.41) is 12.8. The molecule has 0 spiro atoms. The first-order chi connectivity index (χ1) is 10.9. The lowest BCUT2D eigenvalue weighted by Crippen LogP contribution is -2.30. The summed E-state index contributed by atoms with van der Waals surface area (Å²) in [6, 6.07) is 5.68. The van der Waals surface area contributed by atoms with Crippen molar-refractivity contribution >= 4 is 46.2 Å². The number of hydrogen-bond acceptors (Lipinski definition) is 2. The minimum absolute atomic E-state index is 0.585. The number of halogens is 2. The third kappa shape index (κ3) is 4.83. The van der Waals surface area contributed by atoms with Gasteiger partial charge in [0.15, 0.2) is 5.11 Å². The van der Waals surface area contributed by atoms with Crippen molar-refractivity contribution in [3.63, 3.8) is 0 Å². The Morgan fingerprint density at radius 1 is 1.26 bits per heavy atom. The first kappa shape index (κ1) is 18.0. The number of anilines is 1. The lowest BCUT2D eigenvalue weighted by atomic mass is 10.2. The number of nitrogens with zero attached hydrogens (tertiary/aromatic N) is 2. The van der Waals surface area contributed by atoms with E-state index in [1.54, 1.807) is 0 Å². The maximum atomic E-state index is 6.14. The zero-order valence-corrected chi connectivity index (χ0v) is 15.7. The van der Waals surface area contributed by atoms with E-state index in [9.17, 15) is 0 Å². The van der Waals surface area contributed by atoms with Crippen molar-refractivity contribution in [1.82, 2.24) is 15.1 Å². The number of nitrogens with one attached hydrogen (secondary N) is 2. The van der Waals surface area contributed by atoms with Crippen molar-refractivity contribution in [3.05, 3.63) is 45.2 Å². The summed E-state index contributed by atoms with van der Waals surface area (Å²) in [5.41, 5.74) is 3.88. The van der Waals surface area contributed by atoms with Crippen LogP contribution in [-0.4, -0.2) is 21.4 Å². The highest BCUT2D eigenvalue weighted by atomic mass is 35.5. The van der Waals surface area contributed by atoms with Crippen LogP contribution in [0.4, 0.5) is 5.69 Å². The highest BCUT2D eigenvalue weighted by Crippen LogP contribution is 2.20. The second-order valence-electron chi connectivity index (χ2n) is 5.40. The number of aryl methyl sites for hydroxylation is 3. The van der Waals surface area contributed by atoms with Gasteiger partial charge in [-0.3, -0.25) is 4.68 Å². The van der Waals surface area contributed by atoms with E-state index in [2.05, 4.69) is 15.7 Å². The van der Waals surface area contributed by atoms with E-state index in [-0.39, 0.29) is 0 Å². The fourth-order valence-electron chi connectivity index (χ4n) is 2.22. The number of benzene rings is 1. The molecular formula is C16H20Cl2N4S. The molecule has 0 aliphatic carbocycles. The van der Waals surface area contributed by atoms with Gasteiger partial charge >= 0.3 is 0 Å². The molecule has 1 aromatic carbocycles. The van der Waals surface area contributed by atoms with Gasteiger partial charge in [-0.2, -0.15) is 5.10 Å². The third-order valence-corrected chi connectivity index (χ3v) is 4.60. The minimum Gasteiger partial charge on any atom is -0.362 e. The summed E-state index contributed by atoms with van der Waals surface area (Å²) < 4.78 is 1.93. The first-order valence-electron chi connectivity index (χ1n) is 7.39. The Morgan fingerprint density at radius 3 is 2.65 bits per heavy atom. The van der Waals surface area contributed by atoms with Crippen LogP contribution in [0, 0.1) is 20.8 Å². The molecular weight excluding hydrogens is 351 g/mol. The standard InChI is InChI=1S/C16H20Cl2N4S/c1-10-5-6-13(17)9-14(10)20-16(23)19-7-4-8-22-12(3)15(18)11(2)21-22/h5-6,9H,4,7-8H2,1-3H3,(H2,19,20,23). The molecule has 1 heterocycles. The maximum Gasteiger partial charge on any atom is 0.170 e. The van der Waals surface area contributed by atoms with Gasteiger partial charge in [0.05, 0.1) is 16.4 Å². The molecule has 0 bridgehead atoms. The van der Waals surface area contributed by atoms with Gasteiger partial charge in [0.1, 0.15) is 0 Å². The number of hydrogen-bond donors (Lipinski definition) is 2. The topological polar surface area (TPSA) is 41.9 Å². The molecule has 0 saturated heterocycles. The summed E-state index contributed by atoms with van der Waals surface area (Å²) in [6.45, 7) is 7.45. The second-order valence-corrected chi connectivity index (χ2v) is 6.62. The Kier molecular flexibility index (Phi) is 6.27. The molecule has 1 aromatic heterocycles. The van der Waals surface area contributed by atoms with Gasteiger partial charge in [-0.25, -0.2) is 0 Å². The van der Waals surface area contributed by atoms with Crippen LogP contribution >= 0.6 is 35.4 Å². The summed E-state index contributed by atoms with van der Waals surface area (Å²) in [4.78, 5) is 0. The molecule has 2 rings (SSSR count). The number of rotatable bonds is 5. The summed E-state index contributed by atoms with van der Waals surface area (Å²) in [5.74, 6) is 0. The van der Waals surface area contributed by atoms with Crippen LogP contribution in [-0.2, 0) is 6.54 Å². The van der Waals surface area contributed by atoms with Crippen LogP contribution in [0.5, 0.6) is 0 Å². The fourth-order valence-corrected chi connectivity index (χ4v) is 2.74. The van der Waals surface area contributed by atoms with E-state index in [0.29, 0.717) is 10.1 Å². The van der Waals surface area contributed by atoms with Gasteiger partial charge in [0.2, 0.25) is 0 Å². The zero-order chi connectivity index (χ0) is 17.0. The Balaban J connectivity index is 1.79. The van der Waals surface area contributed by atoms with E-state index >= 15 is 0 Å². The smallest absolute Gasteiger partial charge is 0.170 e. The molecule has 23 heavy (non-hydrogen) atoms. The second kappa shape index (κ2) is 7.99. The predicted octanol–water partition coefficient (Wildman–Crippen LogP) is 4.49. The maximum absolute atomic E-state index is 6.14. The number of aromatic nitrogens is 2. The molecule has 0 fully saturated rings. The molecule has 124 valence electrons. The normalized spacial score (nSPS) is 10.7. The van der Waals surface area contributed by atoms with Gasteiger partial charge < -0.3 is 10.6 Å². The molecule has 0 amide bonds. The molecule has 0 saturated carbocycles.